The first-order valence-corrected chi connectivity index (χ1v) is 5.21. The van der Waals surface area contributed by atoms with E-state index in [1.807, 2.05) is 0 Å². The summed E-state index contributed by atoms with van der Waals surface area (Å²) in [4.78, 5) is 12.0. The lowest BCUT2D eigenvalue weighted by molar-refractivity contribution is 0.103. The Morgan fingerprint density at radius 3 is 2.12 bits per heavy atom. The Balaban J connectivity index is 2.40. The van der Waals surface area contributed by atoms with Crippen molar-refractivity contribution in [3.8, 4) is 0 Å². The molecule has 2 aromatic rings. The summed E-state index contributed by atoms with van der Waals surface area (Å²) in [5.74, 6) is -1.30. The third kappa shape index (κ3) is 2.50. The van der Waals surface area contributed by atoms with Crippen LogP contribution in [0.5, 0.6) is 0 Å². The normalized spacial score (nSPS) is 10.3. The maximum absolute atomic E-state index is 12.8. The van der Waals surface area contributed by atoms with Crippen LogP contribution in [0.25, 0.3) is 0 Å². The standard InChI is InChI=1S/C13H7ClF2O/c14-12-7-10(16)5-6-11(12)13(17)8-1-3-9(15)4-2-8/h1-7H. The first kappa shape index (κ1) is 11.7. The zero-order valence-electron chi connectivity index (χ0n) is 8.58. The van der Waals surface area contributed by atoms with Crippen molar-refractivity contribution in [2.24, 2.45) is 0 Å². The lowest BCUT2D eigenvalue weighted by Gasteiger charge is -2.03. The number of hydrogen-bond acceptors (Lipinski definition) is 1. The molecule has 0 atom stereocenters. The van der Waals surface area contributed by atoms with E-state index in [9.17, 15) is 13.6 Å². The summed E-state index contributed by atoms with van der Waals surface area (Å²) in [6, 6.07) is 8.62. The fraction of sp³-hybridized carbons (Fsp3) is 0. The van der Waals surface area contributed by atoms with Crippen molar-refractivity contribution < 1.29 is 13.6 Å². The first-order chi connectivity index (χ1) is 8.08. The predicted octanol–water partition coefficient (Wildman–Crippen LogP) is 3.85. The number of hydrogen-bond donors (Lipinski definition) is 0. The highest BCUT2D eigenvalue weighted by Gasteiger charge is 2.13. The van der Waals surface area contributed by atoms with Crippen LogP contribution in [-0.4, -0.2) is 5.78 Å². The van der Waals surface area contributed by atoms with E-state index in [0.29, 0.717) is 5.56 Å². The molecule has 17 heavy (non-hydrogen) atoms. The van der Waals surface area contributed by atoms with Crippen LogP contribution in [0, 0.1) is 11.6 Å². The van der Waals surface area contributed by atoms with Crippen molar-refractivity contribution in [3.05, 3.63) is 70.2 Å². The van der Waals surface area contributed by atoms with Crippen LogP contribution in [-0.2, 0) is 0 Å². The lowest BCUT2D eigenvalue weighted by atomic mass is 10.0. The Morgan fingerprint density at radius 2 is 1.53 bits per heavy atom. The summed E-state index contributed by atoms with van der Waals surface area (Å²) < 4.78 is 25.5. The highest BCUT2D eigenvalue weighted by atomic mass is 35.5. The fourth-order valence-electron chi connectivity index (χ4n) is 1.43. The van der Waals surface area contributed by atoms with Gasteiger partial charge in [0.1, 0.15) is 11.6 Å². The molecule has 0 saturated heterocycles. The summed E-state index contributed by atoms with van der Waals surface area (Å²) in [7, 11) is 0. The SMILES string of the molecule is O=C(c1ccc(F)cc1)c1ccc(F)cc1Cl. The van der Waals surface area contributed by atoms with Gasteiger partial charge in [-0.1, -0.05) is 11.6 Å². The average Bonchev–Trinajstić information content (AvgIpc) is 2.29. The van der Waals surface area contributed by atoms with Crippen molar-refractivity contribution in [1.29, 1.82) is 0 Å². The van der Waals surface area contributed by atoms with Gasteiger partial charge in [-0.2, -0.15) is 0 Å². The minimum atomic E-state index is -0.509. The Bertz CT molecular complexity index is 564. The van der Waals surface area contributed by atoms with Crippen LogP contribution in [0.1, 0.15) is 15.9 Å². The van der Waals surface area contributed by atoms with Gasteiger partial charge in [0.05, 0.1) is 5.02 Å². The third-order valence-electron chi connectivity index (χ3n) is 2.28. The maximum atomic E-state index is 12.8. The number of ketones is 1. The number of carbonyl (C=O) groups is 1. The Hall–Kier alpha value is -1.74. The monoisotopic (exact) mass is 252 g/mol. The Kier molecular flexibility index (Phi) is 3.20. The van der Waals surface area contributed by atoms with E-state index in [4.69, 9.17) is 11.6 Å². The molecular weight excluding hydrogens is 246 g/mol. The second-order valence-corrected chi connectivity index (χ2v) is 3.87. The van der Waals surface area contributed by atoms with Crippen LogP contribution < -0.4 is 0 Å². The van der Waals surface area contributed by atoms with Gasteiger partial charge in [-0.3, -0.25) is 4.79 Å². The molecule has 0 unspecified atom stereocenters. The zero-order chi connectivity index (χ0) is 12.4. The lowest BCUT2D eigenvalue weighted by Crippen LogP contribution is -2.02. The van der Waals surface area contributed by atoms with Crippen LogP contribution in [0.3, 0.4) is 0 Å². The summed E-state index contributed by atoms with van der Waals surface area (Å²) in [5.41, 5.74) is 0.500. The molecular formula is C13H7ClF2O. The maximum Gasteiger partial charge on any atom is 0.194 e. The predicted molar refractivity (Wildman–Crippen MR) is 61.2 cm³/mol. The quantitative estimate of drug-likeness (QED) is 0.742. The second kappa shape index (κ2) is 4.63. The first-order valence-electron chi connectivity index (χ1n) is 4.83. The van der Waals surface area contributed by atoms with Crippen LogP contribution in [0.15, 0.2) is 42.5 Å². The van der Waals surface area contributed by atoms with Crippen molar-refractivity contribution in [2.75, 3.05) is 0 Å². The van der Waals surface area contributed by atoms with Crippen LogP contribution in [0.2, 0.25) is 5.02 Å². The van der Waals surface area contributed by atoms with Gasteiger partial charge in [-0.05, 0) is 42.5 Å². The molecule has 0 aliphatic carbocycles. The van der Waals surface area contributed by atoms with E-state index in [-0.39, 0.29) is 16.4 Å². The number of rotatable bonds is 2. The summed E-state index contributed by atoms with van der Waals surface area (Å²) >= 11 is 5.77. The highest BCUT2D eigenvalue weighted by Crippen LogP contribution is 2.20. The second-order valence-electron chi connectivity index (χ2n) is 3.46. The molecule has 0 fully saturated rings. The van der Waals surface area contributed by atoms with E-state index in [1.165, 1.54) is 30.3 Å². The van der Waals surface area contributed by atoms with Crippen molar-refractivity contribution in [1.82, 2.24) is 0 Å². The van der Waals surface area contributed by atoms with Gasteiger partial charge in [-0.15, -0.1) is 0 Å². The largest absolute Gasteiger partial charge is 0.289 e. The van der Waals surface area contributed by atoms with Gasteiger partial charge in [0.25, 0.3) is 0 Å². The molecule has 0 N–H and O–H groups in total. The van der Waals surface area contributed by atoms with Gasteiger partial charge in [-0.25, -0.2) is 8.78 Å². The van der Waals surface area contributed by atoms with Crippen molar-refractivity contribution in [3.63, 3.8) is 0 Å². The highest BCUT2D eigenvalue weighted by molar-refractivity contribution is 6.35. The molecule has 0 saturated carbocycles. The van der Waals surface area contributed by atoms with Crippen molar-refractivity contribution >= 4 is 17.4 Å². The van der Waals surface area contributed by atoms with E-state index in [0.717, 1.165) is 12.1 Å². The molecule has 2 aromatic carbocycles. The Labute approximate surface area is 102 Å². The molecule has 0 aliphatic rings. The molecule has 0 amide bonds. The minimum absolute atomic E-state index is 0.0410. The van der Waals surface area contributed by atoms with E-state index < -0.39 is 11.6 Å². The van der Waals surface area contributed by atoms with E-state index >= 15 is 0 Å². The molecule has 0 aliphatic heterocycles. The van der Waals surface area contributed by atoms with Gasteiger partial charge in [0.15, 0.2) is 5.78 Å². The van der Waals surface area contributed by atoms with Gasteiger partial charge >= 0.3 is 0 Å². The topological polar surface area (TPSA) is 17.1 Å². The molecule has 86 valence electrons. The summed E-state index contributed by atoms with van der Waals surface area (Å²) in [5, 5.41) is 0.0410. The minimum Gasteiger partial charge on any atom is -0.289 e. The molecule has 4 heteroatoms. The number of benzene rings is 2. The summed E-state index contributed by atoms with van der Waals surface area (Å²) in [6.45, 7) is 0. The van der Waals surface area contributed by atoms with E-state index in [1.54, 1.807) is 0 Å². The molecule has 0 spiro atoms. The van der Waals surface area contributed by atoms with Gasteiger partial charge < -0.3 is 0 Å². The van der Waals surface area contributed by atoms with Crippen LogP contribution >= 0.6 is 11.6 Å². The van der Waals surface area contributed by atoms with Crippen molar-refractivity contribution in [2.45, 2.75) is 0 Å². The molecule has 0 heterocycles. The molecule has 2 rings (SSSR count). The number of halogens is 3. The fourth-order valence-corrected chi connectivity index (χ4v) is 1.68. The average molecular weight is 253 g/mol. The Morgan fingerprint density at radius 1 is 0.941 bits per heavy atom. The van der Waals surface area contributed by atoms with Gasteiger partial charge in [0, 0.05) is 11.1 Å². The van der Waals surface area contributed by atoms with E-state index in [2.05, 4.69) is 0 Å². The third-order valence-corrected chi connectivity index (χ3v) is 2.59. The smallest absolute Gasteiger partial charge is 0.194 e. The zero-order valence-corrected chi connectivity index (χ0v) is 9.34. The van der Waals surface area contributed by atoms with Gasteiger partial charge in [0.2, 0.25) is 0 Å². The van der Waals surface area contributed by atoms with Crippen LogP contribution in [0.4, 0.5) is 8.78 Å². The molecule has 0 aromatic heterocycles. The number of carbonyl (C=O) groups excluding carboxylic acids is 1. The molecule has 1 nitrogen and oxygen atoms in total. The molecule has 0 bridgehead atoms. The summed E-state index contributed by atoms with van der Waals surface area (Å²) in [6.07, 6.45) is 0. The molecule has 0 radical (unpaired) electrons.